The van der Waals surface area contributed by atoms with Crippen LogP contribution in [-0.2, 0) is 10.3 Å². The molecule has 26 heavy (non-hydrogen) atoms. The van der Waals surface area contributed by atoms with Crippen LogP contribution in [0.5, 0.6) is 5.75 Å². The Kier molecular flexibility index (Phi) is 6.18. The molecule has 138 valence electrons. The molecule has 0 fully saturated rings. The quantitative estimate of drug-likeness (QED) is 0.566. The maximum absolute atomic E-state index is 12.2. The Morgan fingerprint density at radius 3 is 2.46 bits per heavy atom. The number of amides is 1. The highest BCUT2D eigenvalue weighted by atomic mass is 35.5. The molecule has 2 N–H and O–H groups in total. The molecule has 0 aliphatic heterocycles. The lowest BCUT2D eigenvalue weighted by Gasteiger charge is -2.26. The number of nitro benzene ring substituents is 1. The van der Waals surface area contributed by atoms with Gasteiger partial charge in [0.05, 0.1) is 24.6 Å². The van der Waals surface area contributed by atoms with Crippen LogP contribution in [0.4, 0.5) is 11.4 Å². The van der Waals surface area contributed by atoms with Gasteiger partial charge in [-0.1, -0.05) is 23.7 Å². The molecule has 0 radical (unpaired) electrons. The molecule has 0 saturated carbocycles. The van der Waals surface area contributed by atoms with Crippen LogP contribution in [0.1, 0.15) is 19.4 Å². The highest BCUT2D eigenvalue weighted by Gasteiger charge is 2.22. The number of nitrogens with one attached hydrogen (secondary N) is 2. The first-order valence-electron chi connectivity index (χ1n) is 7.86. The fourth-order valence-corrected chi connectivity index (χ4v) is 2.49. The van der Waals surface area contributed by atoms with Crippen molar-refractivity contribution in [3.63, 3.8) is 0 Å². The van der Waals surface area contributed by atoms with Gasteiger partial charge < -0.3 is 10.1 Å². The molecule has 0 unspecified atom stereocenters. The highest BCUT2D eigenvalue weighted by Crippen LogP contribution is 2.29. The summed E-state index contributed by atoms with van der Waals surface area (Å²) in [7, 11) is 1.42. The van der Waals surface area contributed by atoms with Gasteiger partial charge in [0.25, 0.3) is 5.69 Å². The number of carbonyl (C=O) groups is 1. The number of hydrogen-bond acceptors (Lipinski definition) is 5. The molecule has 0 aromatic heterocycles. The third kappa shape index (κ3) is 4.93. The zero-order valence-corrected chi connectivity index (χ0v) is 15.5. The number of anilines is 1. The van der Waals surface area contributed by atoms with E-state index >= 15 is 0 Å². The fraction of sp³-hybridized carbons (Fsp3) is 0.278. The van der Waals surface area contributed by atoms with Gasteiger partial charge in [0.1, 0.15) is 11.4 Å². The Bertz CT molecular complexity index is 807. The van der Waals surface area contributed by atoms with Crippen LogP contribution < -0.4 is 15.4 Å². The standard InChI is InChI=1S/C18H20ClN3O4/c1-18(2,12-4-6-13(19)7-5-12)20-11-17(23)21-15-9-8-14(26-3)10-16(15)22(24)25/h4-10,20H,11H2,1-3H3,(H,21,23). The predicted octanol–water partition coefficient (Wildman–Crippen LogP) is 3.72. The molecule has 2 aromatic rings. The Morgan fingerprint density at radius 2 is 1.88 bits per heavy atom. The molecule has 2 rings (SSSR count). The monoisotopic (exact) mass is 377 g/mol. The largest absolute Gasteiger partial charge is 0.496 e. The van der Waals surface area contributed by atoms with Crippen LogP contribution >= 0.6 is 11.6 Å². The maximum Gasteiger partial charge on any atom is 0.296 e. The summed E-state index contributed by atoms with van der Waals surface area (Å²) >= 11 is 5.89. The van der Waals surface area contributed by atoms with Crippen molar-refractivity contribution in [1.82, 2.24) is 5.32 Å². The Labute approximate surface area is 156 Å². The molecule has 0 aliphatic rings. The van der Waals surface area contributed by atoms with E-state index in [-0.39, 0.29) is 23.8 Å². The minimum Gasteiger partial charge on any atom is -0.496 e. The fourth-order valence-electron chi connectivity index (χ4n) is 2.36. The summed E-state index contributed by atoms with van der Waals surface area (Å²) in [6.07, 6.45) is 0. The van der Waals surface area contributed by atoms with Crippen molar-refractivity contribution < 1.29 is 14.5 Å². The van der Waals surface area contributed by atoms with E-state index in [9.17, 15) is 14.9 Å². The third-order valence-electron chi connectivity index (χ3n) is 3.93. The van der Waals surface area contributed by atoms with E-state index in [4.69, 9.17) is 16.3 Å². The molecular weight excluding hydrogens is 358 g/mol. The highest BCUT2D eigenvalue weighted by molar-refractivity contribution is 6.30. The SMILES string of the molecule is COc1ccc(NC(=O)CNC(C)(C)c2ccc(Cl)cc2)c([N+](=O)[O-])c1. The summed E-state index contributed by atoms with van der Waals surface area (Å²) in [6, 6.07) is 11.6. The van der Waals surface area contributed by atoms with E-state index in [2.05, 4.69) is 10.6 Å². The van der Waals surface area contributed by atoms with E-state index in [1.54, 1.807) is 18.2 Å². The van der Waals surface area contributed by atoms with Crippen LogP contribution in [-0.4, -0.2) is 24.5 Å². The Balaban J connectivity index is 2.05. The van der Waals surface area contributed by atoms with Gasteiger partial charge in [0, 0.05) is 10.6 Å². The van der Waals surface area contributed by atoms with Crippen LogP contribution in [0.25, 0.3) is 0 Å². The van der Waals surface area contributed by atoms with Crippen LogP contribution in [0, 0.1) is 10.1 Å². The minimum absolute atomic E-state index is 0.0151. The van der Waals surface area contributed by atoms with Crippen molar-refractivity contribution in [3.8, 4) is 5.75 Å². The lowest BCUT2D eigenvalue weighted by molar-refractivity contribution is -0.384. The van der Waals surface area contributed by atoms with E-state index in [1.807, 2.05) is 26.0 Å². The zero-order chi connectivity index (χ0) is 19.3. The van der Waals surface area contributed by atoms with E-state index in [1.165, 1.54) is 19.2 Å². The summed E-state index contributed by atoms with van der Waals surface area (Å²) < 4.78 is 4.98. The van der Waals surface area contributed by atoms with Gasteiger partial charge in [-0.25, -0.2) is 0 Å². The van der Waals surface area contributed by atoms with Gasteiger partial charge in [0.2, 0.25) is 5.91 Å². The molecule has 0 atom stereocenters. The second kappa shape index (κ2) is 8.16. The lowest BCUT2D eigenvalue weighted by atomic mass is 9.94. The molecular formula is C18H20ClN3O4. The lowest BCUT2D eigenvalue weighted by Crippen LogP contribution is -2.41. The molecule has 0 saturated heterocycles. The summed E-state index contributed by atoms with van der Waals surface area (Å²) in [5.41, 5.74) is 0.375. The van der Waals surface area contributed by atoms with Crippen molar-refractivity contribution in [3.05, 3.63) is 63.2 Å². The topological polar surface area (TPSA) is 93.5 Å². The number of benzene rings is 2. The average Bonchev–Trinajstić information content (AvgIpc) is 2.60. The number of carbonyl (C=O) groups excluding carboxylic acids is 1. The van der Waals surface area contributed by atoms with Crippen molar-refractivity contribution in [2.24, 2.45) is 0 Å². The normalized spacial score (nSPS) is 11.1. The number of nitro groups is 1. The summed E-state index contributed by atoms with van der Waals surface area (Å²) in [6.45, 7) is 3.84. The number of rotatable bonds is 7. The second-order valence-electron chi connectivity index (χ2n) is 6.17. The first-order chi connectivity index (χ1) is 12.2. The van der Waals surface area contributed by atoms with Gasteiger partial charge in [-0.15, -0.1) is 0 Å². The minimum atomic E-state index is -0.566. The summed E-state index contributed by atoms with van der Waals surface area (Å²) in [5.74, 6) is -0.0444. The van der Waals surface area contributed by atoms with Crippen molar-refractivity contribution in [1.29, 1.82) is 0 Å². The molecule has 0 bridgehead atoms. The number of halogens is 1. The molecule has 0 aliphatic carbocycles. The van der Waals surface area contributed by atoms with Gasteiger partial charge in [-0.2, -0.15) is 0 Å². The second-order valence-corrected chi connectivity index (χ2v) is 6.61. The number of nitrogens with zero attached hydrogens (tertiary/aromatic N) is 1. The molecule has 0 spiro atoms. The zero-order valence-electron chi connectivity index (χ0n) is 14.7. The Morgan fingerprint density at radius 1 is 1.23 bits per heavy atom. The number of methoxy groups -OCH3 is 1. The van der Waals surface area contributed by atoms with Gasteiger partial charge in [0.15, 0.2) is 0 Å². The molecule has 1 amide bonds. The van der Waals surface area contributed by atoms with Crippen molar-refractivity contribution in [2.45, 2.75) is 19.4 Å². The number of hydrogen-bond donors (Lipinski definition) is 2. The van der Waals surface area contributed by atoms with Crippen LogP contribution in [0.2, 0.25) is 5.02 Å². The van der Waals surface area contributed by atoms with Crippen LogP contribution in [0.15, 0.2) is 42.5 Å². The molecule has 0 heterocycles. The van der Waals surface area contributed by atoms with Crippen molar-refractivity contribution in [2.75, 3.05) is 19.0 Å². The van der Waals surface area contributed by atoms with Gasteiger partial charge in [-0.05, 0) is 43.7 Å². The van der Waals surface area contributed by atoms with Gasteiger partial charge >= 0.3 is 0 Å². The average molecular weight is 378 g/mol. The van der Waals surface area contributed by atoms with E-state index < -0.39 is 10.5 Å². The first-order valence-corrected chi connectivity index (χ1v) is 8.24. The Hall–Kier alpha value is -2.64. The predicted molar refractivity (Wildman–Crippen MR) is 101 cm³/mol. The van der Waals surface area contributed by atoms with Gasteiger partial charge in [-0.3, -0.25) is 20.2 Å². The summed E-state index contributed by atoms with van der Waals surface area (Å²) in [5, 5.41) is 17.5. The van der Waals surface area contributed by atoms with Crippen LogP contribution in [0.3, 0.4) is 0 Å². The molecule has 7 nitrogen and oxygen atoms in total. The van der Waals surface area contributed by atoms with E-state index in [0.29, 0.717) is 10.8 Å². The number of ether oxygens (including phenoxy) is 1. The third-order valence-corrected chi connectivity index (χ3v) is 4.18. The summed E-state index contributed by atoms with van der Waals surface area (Å²) in [4.78, 5) is 22.8. The maximum atomic E-state index is 12.2. The van der Waals surface area contributed by atoms with E-state index in [0.717, 1.165) is 5.56 Å². The smallest absolute Gasteiger partial charge is 0.296 e. The van der Waals surface area contributed by atoms with Crippen molar-refractivity contribution >= 4 is 28.9 Å². The molecule has 2 aromatic carbocycles. The molecule has 8 heteroatoms. The first kappa shape index (κ1) is 19.7.